The quantitative estimate of drug-likeness (QED) is 0.616. The fourth-order valence-electron chi connectivity index (χ4n) is 3.03. The molecule has 3 aromatic rings. The van der Waals surface area contributed by atoms with E-state index in [9.17, 15) is 36.2 Å². The second-order valence-corrected chi connectivity index (χ2v) is 6.80. The van der Waals surface area contributed by atoms with Crippen molar-refractivity contribution in [3.05, 3.63) is 57.3 Å². The first kappa shape index (κ1) is 21.8. The molecule has 2 N–H and O–H groups in total. The zero-order chi connectivity index (χ0) is 22.4. The predicted octanol–water partition coefficient (Wildman–Crippen LogP) is 3.52. The summed E-state index contributed by atoms with van der Waals surface area (Å²) in [7, 11) is 0. The summed E-state index contributed by atoms with van der Waals surface area (Å²) >= 11 is 0. The van der Waals surface area contributed by atoms with Crippen LogP contribution in [0.2, 0.25) is 0 Å². The van der Waals surface area contributed by atoms with E-state index in [0.29, 0.717) is 5.56 Å². The number of fused-ring (bicyclic) bond motifs is 1. The van der Waals surface area contributed by atoms with Crippen LogP contribution in [-0.2, 0) is 12.6 Å². The molecule has 3 rings (SSSR count). The Kier molecular flexibility index (Phi) is 5.39. The lowest BCUT2D eigenvalue weighted by Gasteiger charge is -2.15. The molecule has 30 heavy (non-hydrogen) atoms. The van der Waals surface area contributed by atoms with E-state index < -0.39 is 42.0 Å². The van der Waals surface area contributed by atoms with E-state index in [1.54, 1.807) is 6.92 Å². The summed E-state index contributed by atoms with van der Waals surface area (Å²) in [5, 5.41) is 13.2. The lowest BCUT2D eigenvalue weighted by Crippen LogP contribution is -2.31. The SMILES string of the molecule is Cc1nc2c(c(CC(O)C(F)(F)F)nn2[C@@H](C)c2ccc(C(F)(F)F)cc2)c(=O)[nH]1. The zero-order valence-electron chi connectivity index (χ0n) is 15.6. The first-order chi connectivity index (χ1) is 13.8. The molecular weight excluding hydrogens is 418 g/mol. The highest BCUT2D eigenvalue weighted by atomic mass is 19.4. The molecule has 0 saturated heterocycles. The summed E-state index contributed by atoms with van der Waals surface area (Å²) in [5.41, 5.74) is -1.57. The summed E-state index contributed by atoms with van der Waals surface area (Å²) < 4.78 is 77.9. The highest BCUT2D eigenvalue weighted by molar-refractivity contribution is 5.77. The average molecular weight is 434 g/mol. The van der Waals surface area contributed by atoms with Gasteiger partial charge in [0.05, 0.1) is 17.3 Å². The van der Waals surface area contributed by atoms with Crippen molar-refractivity contribution >= 4 is 11.0 Å². The molecular formula is C18H16F6N4O2. The molecule has 12 heteroatoms. The van der Waals surface area contributed by atoms with E-state index in [-0.39, 0.29) is 22.6 Å². The van der Waals surface area contributed by atoms with Crippen LogP contribution < -0.4 is 5.56 Å². The van der Waals surface area contributed by atoms with Crippen molar-refractivity contribution in [2.75, 3.05) is 0 Å². The van der Waals surface area contributed by atoms with Crippen LogP contribution >= 0.6 is 0 Å². The van der Waals surface area contributed by atoms with Crippen molar-refractivity contribution in [3.63, 3.8) is 0 Å². The van der Waals surface area contributed by atoms with Gasteiger partial charge in [-0.3, -0.25) is 4.79 Å². The van der Waals surface area contributed by atoms with Crippen LogP contribution in [0.3, 0.4) is 0 Å². The molecule has 0 radical (unpaired) electrons. The third-order valence-corrected chi connectivity index (χ3v) is 4.60. The topological polar surface area (TPSA) is 83.8 Å². The van der Waals surface area contributed by atoms with Gasteiger partial charge in [-0.05, 0) is 31.5 Å². The Morgan fingerprint density at radius 1 is 1.13 bits per heavy atom. The van der Waals surface area contributed by atoms with Gasteiger partial charge in [0.2, 0.25) is 0 Å². The van der Waals surface area contributed by atoms with Crippen LogP contribution in [0.5, 0.6) is 0 Å². The van der Waals surface area contributed by atoms with Crippen molar-refractivity contribution in [1.29, 1.82) is 0 Å². The number of halogens is 6. The number of aliphatic hydroxyl groups excluding tert-OH is 1. The first-order valence-corrected chi connectivity index (χ1v) is 8.69. The molecule has 1 unspecified atom stereocenters. The number of hydrogen-bond acceptors (Lipinski definition) is 4. The molecule has 162 valence electrons. The average Bonchev–Trinajstić information content (AvgIpc) is 2.98. The first-order valence-electron chi connectivity index (χ1n) is 8.69. The summed E-state index contributed by atoms with van der Waals surface area (Å²) in [4.78, 5) is 18.8. The largest absolute Gasteiger partial charge is 0.416 e. The number of rotatable bonds is 4. The van der Waals surface area contributed by atoms with Gasteiger partial charge in [-0.25, -0.2) is 9.67 Å². The predicted molar refractivity (Wildman–Crippen MR) is 93.9 cm³/mol. The van der Waals surface area contributed by atoms with Crippen LogP contribution in [0.25, 0.3) is 11.0 Å². The molecule has 0 aliphatic carbocycles. The standard InChI is InChI=1S/C18H16F6N4O2/c1-8(10-3-5-11(6-4-10)17(19,20)21)28-15-14(16(30)26-9(2)25-15)12(27-28)7-13(29)18(22,23)24/h3-6,8,13,29H,7H2,1-2H3,(H,25,26,30)/t8-,13?/m0/s1. The number of hydrogen-bond donors (Lipinski definition) is 2. The molecule has 2 aromatic heterocycles. The highest BCUT2D eigenvalue weighted by Crippen LogP contribution is 2.31. The Labute approximate surface area is 165 Å². The van der Waals surface area contributed by atoms with E-state index in [4.69, 9.17) is 0 Å². The van der Waals surface area contributed by atoms with Gasteiger partial charge < -0.3 is 10.1 Å². The molecule has 0 spiro atoms. The van der Waals surface area contributed by atoms with Crippen molar-refractivity contribution in [3.8, 4) is 0 Å². The monoisotopic (exact) mass is 434 g/mol. The number of aryl methyl sites for hydroxylation is 1. The number of nitrogens with one attached hydrogen (secondary N) is 1. The number of aromatic amines is 1. The molecule has 0 aliphatic heterocycles. The van der Waals surface area contributed by atoms with Gasteiger partial charge in [-0.1, -0.05) is 12.1 Å². The van der Waals surface area contributed by atoms with Gasteiger partial charge >= 0.3 is 12.4 Å². The van der Waals surface area contributed by atoms with Gasteiger partial charge in [0, 0.05) is 6.42 Å². The minimum absolute atomic E-state index is 0.0342. The van der Waals surface area contributed by atoms with Crippen LogP contribution in [0.4, 0.5) is 26.3 Å². The maximum atomic E-state index is 12.8. The van der Waals surface area contributed by atoms with E-state index >= 15 is 0 Å². The van der Waals surface area contributed by atoms with Gasteiger partial charge in [0.25, 0.3) is 5.56 Å². The van der Waals surface area contributed by atoms with E-state index in [2.05, 4.69) is 15.1 Å². The Bertz CT molecular complexity index is 1120. The van der Waals surface area contributed by atoms with Gasteiger partial charge in [0.1, 0.15) is 11.2 Å². The number of nitrogens with zero attached hydrogens (tertiary/aromatic N) is 3. The Morgan fingerprint density at radius 2 is 1.73 bits per heavy atom. The van der Waals surface area contributed by atoms with Crippen LogP contribution in [0, 0.1) is 6.92 Å². The molecule has 0 saturated carbocycles. The lowest BCUT2D eigenvalue weighted by atomic mass is 10.1. The molecule has 2 heterocycles. The maximum Gasteiger partial charge on any atom is 0.416 e. The lowest BCUT2D eigenvalue weighted by molar-refractivity contribution is -0.203. The Balaban J connectivity index is 2.10. The van der Waals surface area contributed by atoms with Crippen molar-refractivity contribution in [1.82, 2.24) is 19.7 Å². The number of benzene rings is 1. The van der Waals surface area contributed by atoms with E-state index in [1.807, 2.05) is 0 Å². The molecule has 6 nitrogen and oxygen atoms in total. The Morgan fingerprint density at radius 3 is 2.27 bits per heavy atom. The number of H-pyrrole nitrogens is 1. The van der Waals surface area contributed by atoms with Crippen LogP contribution in [0.1, 0.15) is 35.6 Å². The third-order valence-electron chi connectivity index (χ3n) is 4.60. The smallest absolute Gasteiger partial charge is 0.383 e. The Hall–Kier alpha value is -2.89. The molecule has 0 aliphatic rings. The number of aromatic nitrogens is 4. The van der Waals surface area contributed by atoms with Crippen LogP contribution in [-0.4, -0.2) is 37.1 Å². The molecule has 0 fully saturated rings. The van der Waals surface area contributed by atoms with E-state index in [1.165, 1.54) is 23.7 Å². The van der Waals surface area contributed by atoms with E-state index in [0.717, 1.165) is 12.1 Å². The normalized spacial score (nSPS) is 14.8. The van der Waals surface area contributed by atoms with Crippen molar-refractivity contribution in [2.24, 2.45) is 0 Å². The second-order valence-electron chi connectivity index (χ2n) is 6.80. The number of alkyl halides is 6. The van der Waals surface area contributed by atoms with Gasteiger partial charge in [-0.2, -0.15) is 31.4 Å². The molecule has 1 aromatic carbocycles. The highest BCUT2D eigenvalue weighted by Gasteiger charge is 2.39. The summed E-state index contributed by atoms with van der Waals surface area (Å²) in [6.45, 7) is 3.02. The molecule has 0 amide bonds. The minimum atomic E-state index is -4.92. The summed E-state index contributed by atoms with van der Waals surface area (Å²) in [5.74, 6) is 0.177. The van der Waals surface area contributed by atoms with Crippen molar-refractivity contribution < 1.29 is 31.4 Å². The third kappa shape index (κ3) is 4.18. The minimum Gasteiger partial charge on any atom is -0.383 e. The fraction of sp³-hybridized carbons (Fsp3) is 0.389. The second kappa shape index (κ2) is 7.42. The van der Waals surface area contributed by atoms with Gasteiger partial charge in [-0.15, -0.1) is 0 Å². The number of aliphatic hydroxyl groups is 1. The van der Waals surface area contributed by atoms with Crippen LogP contribution in [0.15, 0.2) is 29.1 Å². The molecule has 2 atom stereocenters. The fourth-order valence-corrected chi connectivity index (χ4v) is 3.03. The van der Waals surface area contributed by atoms with Crippen molar-refractivity contribution in [2.45, 2.75) is 44.8 Å². The summed E-state index contributed by atoms with van der Waals surface area (Å²) in [6.07, 6.45) is -13.2. The molecule has 0 bridgehead atoms. The summed E-state index contributed by atoms with van der Waals surface area (Å²) in [6, 6.07) is 3.42. The van der Waals surface area contributed by atoms with Gasteiger partial charge in [0.15, 0.2) is 11.8 Å². The zero-order valence-corrected chi connectivity index (χ0v) is 15.6. The maximum absolute atomic E-state index is 12.8.